The van der Waals surface area contributed by atoms with Crippen molar-refractivity contribution in [3.8, 4) is 0 Å². The summed E-state index contributed by atoms with van der Waals surface area (Å²) in [4.78, 5) is 0. The summed E-state index contributed by atoms with van der Waals surface area (Å²) in [6.07, 6.45) is 7.65. The van der Waals surface area contributed by atoms with E-state index in [1.54, 1.807) is 12.8 Å². The highest BCUT2D eigenvalue weighted by Crippen LogP contribution is 2.72. The Balaban J connectivity index is 2.04. The van der Waals surface area contributed by atoms with Crippen LogP contribution in [0.4, 0.5) is 0 Å². The lowest BCUT2D eigenvalue weighted by atomic mass is 9.66. The Bertz CT molecular complexity index is 278. The molecule has 0 aromatic rings. The Labute approximate surface area is 94.8 Å². The second-order valence-corrected chi connectivity index (χ2v) is 7.41. The van der Waals surface area contributed by atoms with Gasteiger partial charge in [0.1, 0.15) is 0 Å². The Hall–Kier alpha value is 0. The minimum Gasteiger partial charge on any atom is -0.0622 e. The van der Waals surface area contributed by atoms with E-state index in [0.717, 1.165) is 29.1 Å². The van der Waals surface area contributed by atoms with Crippen LogP contribution in [-0.4, -0.2) is 0 Å². The van der Waals surface area contributed by atoms with Crippen molar-refractivity contribution in [1.29, 1.82) is 0 Å². The zero-order valence-corrected chi connectivity index (χ0v) is 10.8. The van der Waals surface area contributed by atoms with E-state index in [4.69, 9.17) is 0 Å². The molecule has 3 aliphatic carbocycles. The third-order valence-electron chi connectivity index (χ3n) is 6.77. The maximum Gasteiger partial charge on any atom is -0.0235 e. The van der Waals surface area contributed by atoms with Crippen LogP contribution in [0.1, 0.15) is 59.8 Å². The second kappa shape index (κ2) is 2.81. The highest BCUT2D eigenvalue weighted by molar-refractivity contribution is 5.13. The molecule has 15 heavy (non-hydrogen) atoms. The van der Waals surface area contributed by atoms with Gasteiger partial charge in [0.25, 0.3) is 0 Å². The standard InChI is InChI=1S/C15H26/c1-10-7-8-15-9-12(10)14(3,4)13(15)6-5-11(15)2/h10-13H,5-9H2,1-4H3/t10-,11-,12?,13+,15+/m1/s1. The molecule has 0 aliphatic heterocycles. The number of rotatable bonds is 0. The van der Waals surface area contributed by atoms with E-state index in [1.807, 2.05) is 0 Å². The van der Waals surface area contributed by atoms with Crippen LogP contribution in [0.3, 0.4) is 0 Å². The van der Waals surface area contributed by atoms with Gasteiger partial charge in [0, 0.05) is 0 Å². The third kappa shape index (κ3) is 1.04. The fraction of sp³-hybridized carbons (Fsp3) is 1.00. The second-order valence-electron chi connectivity index (χ2n) is 7.41. The van der Waals surface area contributed by atoms with Crippen molar-refractivity contribution < 1.29 is 0 Å². The van der Waals surface area contributed by atoms with Crippen LogP contribution in [0.5, 0.6) is 0 Å². The smallest absolute Gasteiger partial charge is 0.0235 e. The molecule has 0 aromatic heterocycles. The quantitative estimate of drug-likeness (QED) is 0.547. The zero-order valence-electron chi connectivity index (χ0n) is 10.8. The fourth-order valence-corrected chi connectivity index (χ4v) is 5.88. The maximum absolute atomic E-state index is 2.57. The lowest BCUT2D eigenvalue weighted by molar-refractivity contribution is 0.104. The van der Waals surface area contributed by atoms with Crippen molar-refractivity contribution in [3.05, 3.63) is 0 Å². The highest BCUT2D eigenvalue weighted by atomic mass is 14.7. The van der Waals surface area contributed by atoms with Crippen molar-refractivity contribution in [2.75, 3.05) is 0 Å². The Kier molecular flexibility index (Phi) is 1.91. The summed E-state index contributed by atoms with van der Waals surface area (Å²) in [7, 11) is 0. The highest BCUT2D eigenvalue weighted by Gasteiger charge is 2.64. The van der Waals surface area contributed by atoms with Gasteiger partial charge in [-0.15, -0.1) is 0 Å². The fourth-order valence-electron chi connectivity index (χ4n) is 5.88. The van der Waals surface area contributed by atoms with E-state index in [2.05, 4.69) is 27.7 Å². The molecule has 0 heteroatoms. The first-order valence-electron chi connectivity index (χ1n) is 6.98. The molecule has 1 spiro atoms. The number of hydrogen-bond acceptors (Lipinski definition) is 0. The van der Waals surface area contributed by atoms with Crippen molar-refractivity contribution in [2.24, 2.45) is 34.5 Å². The lowest BCUT2D eigenvalue weighted by Gasteiger charge is -2.39. The van der Waals surface area contributed by atoms with E-state index in [9.17, 15) is 0 Å². The summed E-state index contributed by atoms with van der Waals surface area (Å²) >= 11 is 0. The molecule has 3 aliphatic rings. The third-order valence-corrected chi connectivity index (χ3v) is 6.77. The molecular formula is C15H26. The molecule has 3 saturated carbocycles. The summed E-state index contributed by atoms with van der Waals surface area (Å²) in [6.45, 7) is 10.2. The van der Waals surface area contributed by atoms with Gasteiger partial charge in [-0.2, -0.15) is 0 Å². The molecule has 0 heterocycles. The van der Waals surface area contributed by atoms with Gasteiger partial charge >= 0.3 is 0 Å². The van der Waals surface area contributed by atoms with Gasteiger partial charge in [0.05, 0.1) is 0 Å². The summed E-state index contributed by atoms with van der Waals surface area (Å²) in [5.41, 5.74) is 1.42. The van der Waals surface area contributed by atoms with Gasteiger partial charge in [-0.1, -0.05) is 27.7 Å². The predicted octanol–water partition coefficient (Wildman–Crippen LogP) is 4.49. The molecule has 5 atom stereocenters. The van der Waals surface area contributed by atoms with Crippen molar-refractivity contribution in [1.82, 2.24) is 0 Å². The van der Waals surface area contributed by atoms with E-state index in [1.165, 1.54) is 19.3 Å². The summed E-state index contributed by atoms with van der Waals surface area (Å²) in [6, 6.07) is 0. The van der Waals surface area contributed by atoms with Gasteiger partial charge in [0.2, 0.25) is 0 Å². The lowest BCUT2D eigenvalue weighted by Crippen LogP contribution is -2.30. The molecule has 0 amide bonds. The molecule has 0 N–H and O–H groups in total. The molecule has 0 saturated heterocycles. The Morgan fingerprint density at radius 1 is 1.00 bits per heavy atom. The van der Waals surface area contributed by atoms with E-state index >= 15 is 0 Å². The molecule has 0 radical (unpaired) electrons. The van der Waals surface area contributed by atoms with Crippen LogP contribution in [0.2, 0.25) is 0 Å². The van der Waals surface area contributed by atoms with Gasteiger partial charge in [-0.25, -0.2) is 0 Å². The number of hydrogen-bond donors (Lipinski definition) is 0. The SMILES string of the molecule is C[C@@H]1CC[C@@]23CC1C(C)(C)[C@@H]2CC[C@H]3C. The van der Waals surface area contributed by atoms with Gasteiger partial charge in [0.15, 0.2) is 0 Å². The predicted molar refractivity (Wildman–Crippen MR) is 64.6 cm³/mol. The van der Waals surface area contributed by atoms with Gasteiger partial charge < -0.3 is 0 Å². The Morgan fingerprint density at radius 2 is 1.73 bits per heavy atom. The van der Waals surface area contributed by atoms with Crippen LogP contribution in [-0.2, 0) is 0 Å². The maximum atomic E-state index is 2.57. The molecule has 1 unspecified atom stereocenters. The van der Waals surface area contributed by atoms with Crippen molar-refractivity contribution in [3.63, 3.8) is 0 Å². The number of fused-ring (bicyclic) bond motifs is 1. The molecule has 2 bridgehead atoms. The minimum absolute atomic E-state index is 0.640. The zero-order chi connectivity index (χ0) is 10.8. The molecule has 0 nitrogen and oxygen atoms in total. The molecule has 86 valence electrons. The molecular weight excluding hydrogens is 180 g/mol. The van der Waals surface area contributed by atoms with E-state index in [-0.39, 0.29) is 0 Å². The van der Waals surface area contributed by atoms with Crippen LogP contribution >= 0.6 is 0 Å². The molecule has 3 fully saturated rings. The average Bonchev–Trinajstić information content (AvgIpc) is 2.57. The average molecular weight is 206 g/mol. The monoisotopic (exact) mass is 206 g/mol. The first-order chi connectivity index (χ1) is 6.98. The van der Waals surface area contributed by atoms with Crippen LogP contribution < -0.4 is 0 Å². The minimum atomic E-state index is 0.640. The van der Waals surface area contributed by atoms with E-state index < -0.39 is 0 Å². The summed E-state index contributed by atoms with van der Waals surface area (Å²) in [5, 5.41) is 0. The first kappa shape index (κ1) is 10.2. The topological polar surface area (TPSA) is 0 Å². The normalized spacial score (nSPS) is 56.8. The van der Waals surface area contributed by atoms with E-state index in [0.29, 0.717) is 5.41 Å². The van der Waals surface area contributed by atoms with Crippen LogP contribution in [0.25, 0.3) is 0 Å². The Morgan fingerprint density at radius 3 is 2.47 bits per heavy atom. The van der Waals surface area contributed by atoms with Gasteiger partial charge in [-0.3, -0.25) is 0 Å². The largest absolute Gasteiger partial charge is 0.0622 e. The molecule has 3 rings (SSSR count). The summed E-state index contributed by atoms with van der Waals surface area (Å²) < 4.78 is 0. The first-order valence-corrected chi connectivity index (χ1v) is 6.98. The van der Waals surface area contributed by atoms with Crippen molar-refractivity contribution in [2.45, 2.75) is 59.8 Å². The van der Waals surface area contributed by atoms with Crippen LogP contribution in [0.15, 0.2) is 0 Å². The molecule has 0 aromatic carbocycles. The van der Waals surface area contributed by atoms with Gasteiger partial charge in [-0.05, 0) is 66.6 Å². The van der Waals surface area contributed by atoms with Crippen LogP contribution in [0, 0.1) is 34.5 Å². The van der Waals surface area contributed by atoms with Crippen molar-refractivity contribution >= 4 is 0 Å². The summed E-state index contributed by atoms with van der Waals surface area (Å²) in [5.74, 6) is 4.08.